The van der Waals surface area contributed by atoms with Crippen LogP contribution in [0.3, 0.4) is 0 Å². The van der Waals surface area contributed by atoms with Gasteiger partial charge in [0, 0.05) is 11.0 Å². The van der Waals surface area contributed by atoms with E-state index in [2.05, 4.69) is 19.1 Å². The molecule has 0 aromatic heterocycles. The summed E-state index contributed by atoms with van der Waals surface area (Å²) in [5.74, 6) is 1.22. The smallest absolute Gasteiger partial charge is 0.0202 e. The summed E-state index contributed by atoms with van der Waals surface area (Å²) >= 11 is 1.99. The third-order valence-corrected chi connectivity index (χ3v) is 1.93. The van der Waals surface area contributed by atoms with Gasteiger partial charge in [-0.2, -0.15) is 11.8 Å². The summed E-state index contributed by atoms with van der Waals surface area (Å²) in [4.78, 5) is 0. The number of rotatable bonds is 0. The van der Waals surface area contributed by atoms with Gasteiger partial charge in [0.2, 0.25) is 0 Å². The minimum Gasteiger partial charge on any atom is -0.151 e. The molecule has 0 aromatic rings. The second-order valence-corrected chi connectivity index (χ2v) is 2.88. The molecule has 0 bridgehead atoms. The Morgan fingerprint density at radius 2 is 2.67 bits per heavy atom. The maximum absolute atomic E-state index is 2.24. The highest BCUT2D eigenvalue weighted by Gasteiger charge is 1.99. The van der Waals surface area contributed by atoms with Gasteiger partial charge in [-0.15, -0.1) is 0 Å². The van der Waals surface area contributed by atoms with Crippen molar-refractivity contribution < 1.29 is 0 Å². The number of hydrogen-bond acceptors (Lipinski definition) is 1. The van der Waals surface area contributed by atoms with Crippen LogP contribution in [-0.2, 0) is 0 Å². The van der Waals surface area contributed by atoms with Gasteiger partial charge in [0.1, 0.15) is 0 Å². The molecular formula is C5H8S. The summed E-state index contributed by atoms with van der Waals surface area (Å²) in [5.41, 5.74) is 0. The molecule has 0 radical (unpaired) electrons. The molecule has 0 aromatic carbocycles. The van der Waals surface area contributed by atoms with Crippen LogP contribution in [0.2, 0.25) is 0 Å². The predicted molar refractivity (Wildman–Crippen MR) is 31.1 cm³/mol. The molecule has 1 aliphatic heterocycles. The maximum Gasteiger partial charge on any atom is 0.0202 e. The number of hydrogen-bond donors (Lipinski definition) is 0. The Morgan fingerprint density at radius 3 is 2.83 bits per heavy atom. The first-order valence-corrected chi connectivity index (χ1v) is 3.23. The van der Waals surface area contributed by atoms with Crippen molar-refractivity contribution in [3.8, 4) is 0 Å². The zero-order valence-electron chi connectivity index (χ0n) is 3.85. The molecule has 0 fully saturated rings. The molecule has 1 atom stereocenters. The lowest BCUT2D eigenvalue weighted by atomic mass is 10.4. The molecule has 0 nitrogen and oxygen atoms in total. The third-order valence-electron chi connectivity index (χ3n) is 0.862. The molecule has 0 saturated heterocycles. The summed E-state index contributed by atoms with van der Waals surface area (Å²) < 4.78 is 0. The van der Waals surface area contributed by atoms with E-state index in [0.717, 1.165) is 5.25 Å². The Bertz CT molecular complexity index is 66.3. The monoisotopic (exact) mass is 100 g/mol. The Balaban J connectivity index is 2.38. The zero-order chi connectivity index (χ0) is 4.41. The zero-order valence-corrected chi connectivity index (χ0v) is 4.66. The van der Waals surface area contributed by atoms with Crippen molar-refractivity contribution in [1.29, 1.82) is 0 Å². The van der Waals surface area contributed by atoms with Crippen molar-refractivity contribution >= 4 is 11.8 Å². The molecule has 0 saturated carbocycles. The molecular weight excluding hydrogens is 92.1 g/mol. The van der Waals surface area contributed by atoms with Crippen molar-refractivity contribution in [1.82, 2.24) is 0 Å². The fourth-order valence-corrected chi connectivity index (χ4v) is 1.26. The molecule has 0 N–H and O–H groups in total. The normalized spacial score (nSPS) is 31.8. The summed E-state index contributed by atoms with van der Waals surface area (Å²) in [6, 6.07) is 0. The van der Waals surface area contributed by atoms with E-state index in [1.165, 1.54) is 5.75 Å². The van der Waals surface area contributed by atoms with E-state index < -0.39 is 0 Å². The highest BCUT2D eigenvalue weighted by Crippen LogP contribution is 2.17. The van der Waals surface area contributed by atoms with Crippen LogP contribution in [0.4, 0.5) is 0 Å². The largest absolute Gasteiger partial charge is 0.151 e. The van der Waals surface area contributed by atoms with Crippen LogP contribution in [-0.4, -0.2) is 11.0 Å². The lowest BCUT2D eigenvalue weighted by Gasteiger charge is -1.89. The van der Waals surface area contributed by atoms with Gasteiger partial charge in [-0.1, -0.05) is 12.2 Å². The Kier molecular flexibility index (Phi) is 1.20. The van der Waals surface area contributed by atoms with E-state index in [1.807, 2.05) is 11.8 Å². The Hall–Kier alpha value is 0.0900. The van der Waals surface area contributed by atoms with Crippen LogP contribution in [0, 0.1) is 0 Å². The van der Waals surface area contributed by atoms with Crippen LogP contribution in [0.15, 0.2) is 12.2 Å². The number of thioether (sulfide) groups is 1. The Morgan fingerprint density at radius 1 is 1.83 bits per heavy atom. The Labute approximate surface area is 42.6 Å². The minimum absolute atomic E-state index is 0.782. The van der Waals surface area contributed by atoms with Crippen molar-refractivity contribution in [2.75, 3.05) is 5.75 Å². The van der Waals surface area contributed by atoms with Gasteiger partial charge >= 0.3 is 0 Å². The average molecular weight is 100 g/mol. The summed E-state index contributed by atoms with van der Waals surface area (Å²) in [7, 11) is 0. The first kappa shape index (κ1) is 4.25. The average Bonchev–Trinajstić information content (AvgIpc) is 1.86. The highest BCUT2D eigenvalue weighted by molar-refractivity contribution is 8.00. The van der Waals surface area contributed by atoms with Gasteiger partial charge in [-0.3, -0.25) is 0 Å². The predicted octanol–water partition coefficient (Wildman–Crippen LogP) is 1.68. The molecule has 1 rings (SSSR count). The fraction of sp³-hybridized carbons (Fsp3) is 0.600. The van der Waals surface area contributed by atoms with Crippen molar-refractivity contribution in [3.05, 3.63) is 12.2 Å². The highest BCUT2D eigenvalue weighted by atomic mass is 32.2. The molecule has 1 heteroatoms. The molecule has 34 valence electrons. The van der Waals surface area contributed by atoms with Crippen LogP contribution in [0.5, 0.6) is 0 Å². The van der Waals surface area contributed by atoms with Gasteiger partial charge in [0.25, 0.3) is 0 Å². The fourth-order valence-electron chi connectivity index (χ4n) is 0.510. The van der Waals surface area contributed by atoms with Crippen LogP contribution in [0.25, 0.3) is 0 Å². The van der Waals surface area contributed by atoms with E-state index in [9.17, 15) is 0 Å². The van der Waals surface area contributed by atoms with Crippen molar-refractivity contribution in [3.63, 3.8) is 0 Å². The van der Waals surface area contributed by atoms with Crippen molar-refractivity contribution in [2.45, 2.75) is 12.2 Å². The van der Waals surface area contributed by atoms with Crippen LogP contribution < -0.4 is 0 Å². The second-order valence-electron chi connectivity index (χ2n) is 1.47. The first-order chi connectivity index (χ1) is 2.89. The van der Waals surface area contributed by atoms with Gasteiger partial charge in [-0.25, -0.2) is 0 Å². The third kappa shape index (κ3) is 0.777. The van der Waals surface area contributed by atoms with E-state index >= 15 is 0 Å². The van der Waals surface area contributed by atoms with Gasteiger partial charge in [0.05, 0.1) is 0 Å². The summed E-state index contributed by atoms with van der Waals surface area (Å²) in [6.07, 6.45) is 4.46. The van der Waals surface area contributed by atoms with Crippen LogP contribution >= 0.6 is 11.8 Å². The van der Waals surface area contributed by atoms with E-state index in [0.29, 0.717) is 0 Å². The molecule has 0 amide bonds. The second kappa shape index (κ2) is 1.69. The standard InChI is InChI=1S/C5H8S/c1-5-3-2-4-6-5/h2-3,5H,4H2,1H3/t5-/m0/s1. The molecule has 1 heterocycles. The van der Waals surface area contributed by atoms with E-state index in [1.54, 1.807) is 0 Å². The van der Waals surface area contributed by atoms with Gasteiger partial charge in [0.15, 0.2) is 0 Å². The lowest BCUT2D eigenvalue weighted by Crippen LogP contribution is -1.79. The molecule has 0 spiro atoms. The van der Waals surface area contributed by atoms with Crippen molar-refractivity contribution in [2.24, 2.45) is 0 Å². The van der Waals surface area contributed by atoms with E-state index in [4.69, 9.17) is 0 Å². The maximum atomic E-state index is 2.24. The quantitative estimate of drug-likeness (QED) is 0.417. The van der Waals surface area contributed by atoms with Gasteiger partial charge < -0.3 is 0 Å². The molecule has 6 heavy (non-hydrogen) atoms. The minimum atomic E-state index is 0.782. The first-order valence-electron chi connectivity index (χ1n) is 2.18. The van der Waals surface area contributed by atoms with Gasteiger partial charge in [-0.05, 0) is 6.92 Å². The SMILES string of the molecule is C[C@H]1C=CCS1. The molecule has 1 aliphatic rings. The van der Waals surface area contributed by atoms with E-state index in [-0.39, 0.29) is 0 Å². The molecule has 0 aliphatic carbocycles. The summed E-state index contributed by atoms with van der Waals surface area (Å²) in [6.45, 7) is 2.22. The summed E-state index contributed by atoms with van der Waals surface area (Å²) in [5, 5.41) is 0.782. The topological polar surface area (TPSA) is 0 Å². The molecule has 0 unspecified atom stereocenters. The lowest BCUT2D eigenvalue weighted by molar-refractivity contribution is 1.27. The van der Waals surface area contributed by atoms with Crippen LogP contribution in [0.1, 0.15) is 6.92 Å².